The second-order valence-electron chi connectivity index (χ2n) is 8.70. The summed E-state index contributed by atoms with van der Waals surface area (Å²) in [5.41, 5.74) is 1.63. The molecule has 7 nitrogen and oxygen atoms in total. The van der Waals surface area contributed by atoms with Crippen molar-refractivity contribution in [3.05, 3.63) is 84.2 Å². The molecular weight excluding hydrogens is 513 g/mol. The van der Waals surface area contributed by atoms with Crippen molar-refractivity contribution >= 4 is 42.6 Å². The molecule has 4 aromatic rings. The minimum atomic E-state index is -3.99. The lowest BCUT2D eigenvalue weighted by molar-refractivity contribution is -0.121. The molecular formula is C27H26FN3O4S2. The number of benzene rings is 3. The van der Waals surface area contributed by atoms with Crippen molar-refractivity contribution in [2.75, 3.05) is 18.1 Å². The highest BCUT2D eigenvalue weighted by molar-refractivity contribution is 7.89. The van der Waals surface area contributed by atoms with Gasteiger partial charge in [0.1, 0.15) is 17.6 Å². The Morgan fingerprint density at radius 2 is 1.89 bits per heavy atom. The third kappa shape index (κ3) is 5.22. The second-order valence-corrected chi connectivity index (χ2v) is 11.6. The van der Waals surface area contributed by atoms with Crippen LogP contribution in [0.2, 0.25) is 0 Å². The highest BCUT2D eigenvalue weighted by atomic mass is 32.2. The Morgan fingerprint density at radius 3 is 2.62 bits per heavy atom. The quantitative estimate of drug-likeness (QED) is 0.307. The third-order valence-electron chi connectivity index (χ3n) is 6.25. The zero-order valence-electron chi connectivity index (χ0n) is 20.2. The topological polar surface area (TPSA) is 79.8 Å². The molecule has 0 saturated carbocycles. The summed E-state index contributed by atoms with van der Waals surface area (Å²) in [6.07, 6.45) is 0.942. The van der Waals surface area contributed by atoms with E-state index in [0.29, 0.717) is 24.6 Å². The lowest BCUT2D eigenvalue weighted by Gasteiger charge is -2.28. The van der Waals surface area contributed by atoms with E-state index in [1.54, 1.807) is 4.90 Å². The minimum absolute atomic E-state index is 0.0355. The summed E-state index contributed by atoms with van der Waals surface area (Å²) in [7, 11) is -3.99. The van der Waals surface area contributed by atoms with Crippen molar-refractivity contribution in [2.24, 2.45) is 0 Å². The van der Waals surface area contributed by atoms with E-state index in [9.17, 15) is 17.6 Å². The molecule has 1 atom stereocenters. The molecule has 1 fully saturated rings. The fourth-order valence-corrected chi connectivity index (χ4v) is 7.12. The van der Waals surface area contributed by atoms with Gasteiger partial charge in [-0.05, 0) is 67.8 Å². The van der Waals surface area contributed by atoms with Gasteiger partial charge in [0.05, 0.1) is 28.3 Å². The van der Waals surface area contributed by atoms with E-state index in [0.717, 1.165) is 33.7 Å². The Labute approximate surface area is 219 Å². The summed E-state index contributed by atoms with van der Waals surface area (Å²) in [6.45, 7) is 2.91. The van der Waals surface area contributed by atoms with Crippen LogP contribution in [0.4, 0.5) is 9.52 Å². The van der Waals surface area contributed by atoms with E-state index < -0.39 is 21.9 Å². The average Bonchev–Trinajstić information content (AvgIpc) is 3.56. The van der Waals surface area contributed by atoms with Crippen LogP contribution >= 0.6 is 11.3 Å². The molecule has 2 heterocycles. The number of fused-ring (bicyclic) bond motifs is 1. The Morgan fingerprint density at radius 1 is 1.14 bits per heavy atom. The van der Waals surface area contributed by atoms with Crippen LogP contribution in [0.3, 0.4) is 0 Å². The van der Waals surface area contributed by atoms with Crippen molar-refractivity contribution in [1.82, 2.24) is 9.29 Å². The molecule has 0 radical (unpaired) electrons. The number of hydrogen-bond donors (Lipinski definition) is 0. The first kappa shape index (κ1) is 25.3. The smallest absolute Gasteiger partial charge is 0.247 e. The van der Waals surface area contributed by atoms with Gasteiger partial charge in [0.25, 0.3) is 0 Å². The molecule has 0 aliphatic carbocycles. The van der Waals surface area contributed by atoms with Gasteiger partial charge in [-0.25, -0.2) is 17.8 Å². The molecule has 3 aromatic carbocycles. The van der Waals surface area contributed by atoms with Gasteiger partial charge in [0, 0.05) is 6.54 Å². The molecule has 0 spiro atoms. The van der Waals surface area contributed by atoms with Crippen molar-refractivity contribution < 1.29 is 22.3 Å². The molecule has 1 aliphatic rings. The highest BCUT2D eigenvalue weighted by Gasteiger charge is 2.42. The third-order valence-corrected chi connectivity index (χ3v) is 9.21. The summed E-state index contributed by atoms with van der Waals surface area (Å²) in [5.74, 6) is -0.139. The molecule has 37 heavy (non-hydrogen) atoms. The van der Waals surface area contributed by atoms with Crippen molar-refractivity contribution in [3.8, 4) is 5.75 Å². The van der Waals surface area contributed by atoms with Crippen LogP contribution in [0.5, 0.6) is 5.75 Å². The SMILES string of the molecule is CCOc1ccc2nc(N(Cc3ccccc3)C(=O)C3CCCN3S(=O)(=O)c3ccc(F)cc3)sc2c1. The van der Waals surface area contributed by atoms with Crippen LogP contribution < -0.4 is 9.64 Å². The fraction of sp³-hybridized carbons (Fsp3) is 0.259. The molecule has 1 unspecified atom stereocenters. The van der Waals surface area contributed by atoms with E-state index in [1.807, 2.05) is 55.5 Å². The number of sulfonamides is 1. The zero-order chi connectivity index (χ0) is 26.0. The monoisotopic (exact) mass is 539 g/mol. The fourth-order valence-electron chi connectivity index (χ4n) is 4.47. The number of anilines is 1. The molecule has 192 valence electrons. The lowest BCUT2D eigenvalue weighted by atomic mass is 10.1. The van der Waals surface area contributed by atoms with Crippen molar-refractivity contribution in [3.63, 3.8) is 0 Å². The van der Waals surface area contributed by atoms with Crippen molar-refractivity contribution in [1.29, 1.82) is 0 Å². The van der Waals surface area contributed by atoms with Crippen LogP contribution in [-0.4, -0.2) is 42.8 Å². The van der Waals surface area contributed by atoms with Crippen LogP contribution in [-0.2, 0) is 21.4 Å². The Hall–Kier alpha value is -3.34. The molecule has 1 aliphatic heterocycles. The molecule has 0 bridgehead atoms. The normalized spacial score (nSPS) is 16.2. The number of ether oxygens (including phenoxy) is 1. The highest BCUT2D eigenvalue weighted by Crippen LogP contribution is 2.35. The van der Waals surface area contributed by atoms with Gasteiger partial charge >= 0.3 is 0 Å². The standard InChI is InChI=1S/C27H26FN3O4S2/c1-2-35-21-12-15-23-25(17-21)36-27(29-23)30(18-19-7-4-3-5-8-19)26(32)24-9-6-16-31(24)37(33,34)22-13-10-20(28)11-14-22/h3-5,7-8,10-15,17,24H,2,6,9,16,18H2,1H3. The van der Waals surface area contributed by atoms with Gasteiger partial charge in [-0.2, -0.15) is 4.31 Å². The number of amides is 1. The maximum absolute atomic E-state index is 14.0. The predicted octanol–water partition coefficient (Wildman–Crippen LogP) is 5.22. The number of aromatic nitrogens is 1. The lowest BCUT2D eigenvalue weighted by Crippen LogP contribution is -2.47. The largest absolute Gasteiger partial charge is 0.494 e. The van der Waals surface area contributed by atoms with Crippen molar-refractivity contribution in [2.45, 2.75) is 37.2 Å². The maximum Gasteiger partial charge on any atom is 0.247 e. The maximum atomic E-state index is 14.0. The molecule has 5 rings (SSSR count). The Bertz CT molecular complexity index is 1510. The average molecular weight is 540 g/mol. The number of carbonyl (C=O) groups is 1. The first-order valence-electron chi connectivity index (χ1n) is 12.0. The van der Waals surface area contributed by atoms with Crippen LogP contribution in [0.1, 0.15) is 25.3 Å². The van der Waals surface area contributed by atoms with Crippen LogP contribution in [0, 0.1) is 5.82 Å². The predicted molar refractivity (Wildman–Crippen MR) is 142 cm³/mol. The summed E-state index contributed by atoms with van der Waals surface area (Å²) >= 11 is 1.36. The number of rotatable bonds is 8. The number of nitrogens with zero attached hydrogens (tertiary/aromatic N) is 3. The van der Waals surface area contributed by atoms with E-state index >= 15 is 0 Å². The summed E-state index contributed by atoms with van der Waals surface area (Å²) in [6, 6.07) is 18.9. The Balaban J connectivity index is 1.51. The van der Waals surface area contributed by atoms with Gasteiger partial charge < -0.3 is 4.74 Å². The first-order valence-corrected chi connectivity index (χ1v) is 14.3. The molecule has 1 aromatic heterocycles. The van der Waals surface area contributed by atoms with Gasteiger partial charge in [-0.15, -0.1) is 0 Å². The number of hydrogen-bond acceptors (Lipinski definition) is 6. The van der Waals surface area contributed by atoms with Crippen LogP contribution in [0.15, 0.2) is 77.7 Å². The van der Waals surface area contributed by atoms with Crippen LogP contribution in [0.25, 0.3) is 10.2 Å². The summed E-state index contributed by atoms with van der Waals surface area (Å²) < 4.78 is 48.0. The Kier molecular flexibility index (Phi) is 7.23. The van der Waals surface area contributed by atoms with Gasteiger partial charge in [0.2, 0.25) is 15.9 Å². The zero-order valence-corrected chi connectivity index (χ0v) is 21.8. The van der Waals surface area contributed by atoms with E-state index in [2.05, 4.69) is 0 Å². The molecule has 0 N–H and O–H groups in total. The molecule has 1 saturated heterocycles. The molecule has 10 heteroatoms. The number of halogens is 1. The van der Waals surface area contributed by atoms with Gasteiger partial charge in [-0.3, -0.25) is 9.69 Å². The van der Waals surface area contributed by atoms with E-state index in [-0.39, 0.29) is 23.9 Å². The minimum Gasteiger partial charge on any atom is -0.494 e. The van der Waals surface area contributed by atoms with E-state index in [1.165, 1.54) is 27.8 Å². The van der Waals surface area contributed by atoms with Gasteiger partial charge in [-0.1, -0.05) is 41.7 Å². The first-order chi connectivity index (χ1) is 17.9. The number of thiazole rings is 1. The van der Waals surface area contributed by atoms with E-state index in [4.69, 9.17) is 9.72 Å². The molecule has 1 amide bonds. The van der Waals surface area contributed by atoms with Gasteiger partial charge in [0.15, 0.2) is 5.13 Å². The number of carbonyl (C=O) groups excluding carboxylic acids is 1. The summed E-state index contributed by atoms with van der Waals surface area (Å²) in [5, 5.41) is 0.489. The second kappa shape index (κ2) is 10.6. The summed E-state index contributed by atoms with van der Waals surface area (Å²) in [4.78, 5) is 20.3.